The molecular formula is C10H12ClN2+. The zero-order valence-corrected chi connectivity index (χ0v) is 8.38. The summed E-state index contributed by atoms with van der Waals surface area (Å²) in [6, 6.07) is 6.42. The standard InChI is InChI=1S/C10H12ClN2/c1-13(12-11)10-6-5-8-3-2-4-9(8)7-10/h5-7H,2-4H2,1H3/q+1/b13-12+. The van der Waals surface area contributed by atoms with Crippen LogP contribution in [-0.4, -0.2) is 11.7 Å². The van der Waals surface area contributed by atoms with Gasteiger partial charge in [0.2, 0.25) is 5.69 Å². The third-order valence-corrected chi connectivity index (χ3v) is 2.80. The summed E-state index contributed by atoms with van der Waals surface area (Å²) in [5.41, 5.74) is 3.99. The highest BCUT2D eigenvalue weighted by atomic mass is 35.5. The molecule has 0 radical (unpaired) electrons. The Kier molecular flexibility index (Phi) is 2.32. The van der Waals surface area contributed by atoms with Gasteiger partial charge in [-0.05, 0) is 30.4 Å². The maximum Gasteiger partial charge on any atom is 0.233 e. The van der Waals surface area contributed by atoms with Gasteiger partial charge >= 0.3 is 0 Å². The third-order valence-electron chi connectivity index (χ3n) is 2.57. The van der Waals surface area contributed by atoms with Crippen molar-refractivity contribution < 1.29 is 4.70 Å². The fourth-order valence-electron chi connectivity index (χ4n) is 1.80. The highest BCUT2D eigenvalue weighted by Gasteiger charge is 2.14. The molecule has 0 bridgehead atoms. The van der Waals surface area contributed by atoms with Gasteiger partial charge in [-0.15, -0.1) is 0 Å². The number of halogens is 1. The van der Waals surface area contributed by atoms with Crippen LogP contribution >= 0.6 is 11.8 Å². The van der Waals surface area contributed by atoms with Crippen molar-refractivity contribution in [3.63, 3.8) is 0 Å². The molecule has 3 heteroatoms. The maximum atomic E-state index is 5.39. The first-order valence-electron chi connectivity index (χ1n) is 4.48. The summed E-state index contributed by atoms with van der Waals surface area (Å²) in [5.74, 6) is 0. The normalized spacial score (nSPS) is 16.0. The van der Waals surface area contributed by atoms with E-state index in [1.807, 2.05) is 7.05 Å². The monoisotopic (exact) mass is 195 g/mol. The van der Waals surface area contributed by atoms with Crippen LogP contribution in [0.3, 0.4) is 0 Å². The summed E-state index contributed by atoms with van der Waals surface area (Å²) in [5, 5.41) is 0. The van der Waals surface area contributed by atoms with Crippen LogP contribution in [0.1, 0.15) is 17.5 Å². The SMILES string of the molecule is C/[N+](=N\Cl)c1ccc2c(c1)CCC2. The molecular weight excluding hydrogens is 184 g/mol. The lowest BCUT2D eigenvalue weighted by molar-refractivity contribution is -0.471. The largest absolute Gasteiger partial charge is 0.233 e. The van der Waals surface area contributed by atoms with Crippen LogP contribution in [-0.2, 0) is 12.8 Å². The Morgan fingerprint density at radius 1 is 1.31 bits per heavy atom. The highest BCUT2D eigenvalue weighted by molar-refractivity contribution is 6.13. The van der Waals surface area contributed by atoms with Crippen molar-refractivity contribution in [1.29, 1.82) is 0 Å². The van der Waals surface area contributed by atoms with Gasteiger partial charge in [0.25, 0.3) is 0 Å². The molecule has 1 aliphatic carbocycles. The molecule has 0 aromatic heterocycles. The quantitative estimate of drug-likeness (QED) is 0.484. The van der Waals surface area contributed by atoms with E-state index in [0.29, 0.717) is 0 Å². The third kappa shape index (κ3) is 1.59. The molecule has 0 heterocycles. The lowest BCUT2D eigenvalue weighted by Gasteiger charge is -1.97. The Morgan fingerprint density at radius 3 is 2.85 bits per heavy atom. The molecule has 0 saturated carbocycles. The van der Waals surface area contributed by atoms with E-state index in [4.69, 9.17) is 11.8 Å². The number of hydrogen-bond acceptors (Lipinski definition) is 1. The Hall–Kier alpha value is -0.890. The minimum Gasteiger partial charge on any atom is -0.0744 e. The Morgan fingerprint density at radius 2 is 2.08 bits per heavy atom. The van der Waals surface area contributed by atoms with Crippen LogP contribution in [0.4, 0.5) is 5.69 Å². The number of rotatable bonds is 1. The molecule has 13 heavy (non-hydrogen) atoms. The average molecular weight is 196 g/mol. The second kappa shape index (κ2) is 3.46. The van der Waals surface area contributed by atoms with Gasteiger partial charge in [-0.3, -0.25) is 0 Å². The summed E-state index contributed by atoms with van der Waals surface area (Å²) in [4.78, 5) is 0. The number of aryl methyl sites for hydroxylation is 2. The molecule has 0 spiro atoms. The Bertz CT molecular complexity index is 358. The van der Waals surface area contributed by atoms with Crippen LogP contribution in [0.25, 0.3) is 0 Å². The maximum absolute atomic E-state index is 5.39. The van der Waals surface area contributed by atoms with Crippen molar-refractivity contribution in [3.05, 3.63) is 29.3 Å². The van der Waals surface area contributed by atoms with E-state index in [2.05, 4.69) is 22.8 Å². The van der Waals surface area contributed by atoms with E-state index in [-0.39, 0.29) is 0 Å². The Labute approximate surface area is 83.0 Å². The minimum absolute atomic E-state index is 1.07. The van der Waals surface area contributed by atoms with E-state index in [0.717, 1.165) is 5.69 Å². The van der Waals surface area contributed by atoms with Gasteiger partial charge in [-0.25, -0.2) is 0 Å². The van der Waals surface area contributed by atoms with Crippen LogP contribution in [0, 0.1) is 0 Å². The van der Waals surface area contributed by atoms with E-state index >= 15 is 0 Å². The van der Waals surface area contributed by atoms with E-state index in [9.17, 15) is 0 Å². The predicted octanol–water partition coefficient (Wildman–Crippen LogP) is 3.06. The molecule has 1 aliphatic rings. The smallest absolute Gasteiger partial charge is 0.0744 e. The van der Waals surface area contributed by atoms with Crippen molar-refractivity contribution in [3.8, 4) is 0 Å². The van der Waals surface area contributed by atoms with Gasteiger partial charge in [0.15, 0.2) is 7.05 Å². The van der Waals surface area contributed by atoms with Crippen molar-refractivity contribution in [2.45, 2.75) is 19.3 Å². The molecule has 2 nitrogen and oxygen atoms in total. The van der Waals surface area contributed by atoms with E-state index in [1.165, 1.54) is 30.4 Å². The second-order valence-corrected chi connectivity index (χ2v) is 3.56. The van der Waals surface area contributed by atoms with Crippen molar-refractivity contribution in [1.82, 2.24) is 0 Å². The topological polar surface area (TPSA) is 15.4 Å². The van der Waals surface area contributed by atoms with Gasteiger partial charge in [-0.2, -0.15) is 0 Å². The second-order valence-electron chi connectivity index (χ2n) is 3.41. The lowest BCUT2D eigenvalue weighted by atomic mass is 10.1. The first-order valence-corrected chi connectivity index (χ1v) is 4.82. The molecule has 0 atom stereocenters. The van der Waals surface area contributed by atoms with E-state index in [1.54, 1.807) is 4.70 Å². The fraction of sp³-hybridized carbons (Fsp3) is 0.400. The van der Waals surface area contributed by atoms with Crippen LogP contribution in [0.5, 0.6) is 0 Å². The van der Waals surface area contributed by atoms with E-state index < -0.39 is 0 Å². The van der Waals surface area contributed by atoms with Gasteiger partial charge < -0.3 is 0 Å². The summed E-state index contributed by atoms with van der Waals surface area (Å²) >= 11 is 5.39. The first-order chi connectivity index (χ1) is 6.31. The summed E-state index contributed by atoms with van der Waals surface area (Å²) in [6.45, 7) is 0. The number of hydrogen-bond donors (Lipinski definition) is 0. The van der Waals surface area contributed by atoms with Gasteiger partial charge in [0, 0.05) is 12.1 Å². The van der Waals surface area contributed by atoms with Gasteiger partial charge in [0.1, 0.15) is 11.8 Å². The fourth-order valence-corrected chi connectivity index (χ4v) is 1.89. The van der Waals surface area contributed by atoms with Gasteiger partial charge in [0.05, 0.1) is 4.63 Å². The zero-order chi connectivity index (χ0) is 9.26. The number of benzene rings is 1. The molecule has 0 N–H and O–H groups in total. The van der Waals surface area contributed by atoms with Crippen LogP contribution in [0.2, 0.25) is 0 Å². The lowest BCUT2D eigenvalue weighted by Crippen LogP contribution is -1.93. The summed E-state index contributed by atoms with van der Waals surface area (Å²) in [6.07, 6.45) is 3.69. The molecule has 0 saturated heterocycles. The molecule has 0 fully saturated rings. The molecule has 68 valence electrons. The molecule has 2 rings (SSSR count). The average Bonchev–Trinajstić information content (AvgIpc) is 2.63. The number of nitrogens with zero attached hydrogens (tertiary/aromatic N) is 2. The van der Waals surface area contributed by atoms with Gasteiger partial charge in [-0.1, -0.05) is 10.8 Å². The predicted molar refractivity (Wildman–Crippen MR) is 52.6 cm³/mol. The van der Waals surface area contributed by atoms with Crippen molar-refractivity contribution >= 4 is 17.5 Å². The van der Waals surface area contributed by atoms with Crippen molar-refractivity contribution in [2.24, 2.45) is 4.63 Å². The molecule has 1 aromatic rings. The highest BCUT2D eigenvalue weighted by Crippen LogP contribution is 2.25. The Balaban J connectivity index is 2.41. The van der Waals surface area contributed by atoms with Crippen molar-refractivity contribution in [2.75, 3.05) is 7.05 Å². The molecule has 0 unspecified atom stereocenters. The molecule has 0 amide bonds. The first kappa shape index (κ1) is 8.70. The summed E-state index contributed by atoms with van der Waals surface area (Å²) in [7, 11) is 1.85. The zero-order valence-electron chi connectivity index (χ0n) is 7.63. The van der Waals surface area contributed by atoms with Crippen LogP contribution < -0.4 is 0 Å². The minimum atomic E-state index is 1.07. The number of fused-ring (bicyclic) bond motifs is 1. The van der Waals surface area contributed by atoms with Crippen LogP contribution in [0.15, 0.2) is 22.8 Å². The molecule has 0 aliphatic heterocycles. The molecule has 1 aromatic carbocycles. The summed E-state index contributed by atoms with van der Waals surface area (Å²) < 4.78 is 5.27.